The number of aromatic nitrogens is 2. The standard InChI is InChI=1S/C73H48N4/c1-5-21-49(22-6-1)74(53-39-43-71-63(45-53)61-31-15-19-35-69(61)76(71)51-25-9-3-10-26-51)55-37-41-59-60-42-38-56(48-68(60)73(67(59)47-55)65-33-17-13-29-57(65)58-30-14-18-34-66(58)73)75(50-23-7-2-8-24-50)54-40-44-72-64(46-54)62-32-16-20-36-70(62)77(72)52-27-11-4-12-28-52/h1-48H. The number of para-hydroxylation sites is 6. The molecule has 0 atom stereocenters. The van der Waals surface area contributed by atoms with Gasteiger partial charge < -0.3 is 18.9 Å². The summed E-state index contributed by atoms with van der Waals surface area (Å²) in [6.45, 7) is 0. The van der Waals surface area contributed by atoms with E-state index in [2.05, 4.69) is 310 Å². The number of benzene rings is 12. The van der Waals surface area contributed by atoms with Crippen LogP contribution in [0.5, 0.6) is 0 Å². The molecule has 2 heterocycles. The topological polar surface area (TPSA) is 16.3 Å². The van der Waals surface area contributed by atoms with Gasteiger partial charge in [-0.05, 0) is 166 Å². The second-order valence-electron chi connectivity index (χ2n) is 20.4. The first-order valence-corrected chi connectivity index (χ1v) is 26.6. The fraction of sp³-hybridized carbons (Fsp3) is 0.0137. The molecule has 1 spiro atoms. The Bertz CT molecular complexity index is 4330. The van der Waals surface area contributed by atoms with Crippen LogP contribution in [0.1, 0.15) is 22.3 Å². The minimum absolute atomic E-state index is 0.616. The second-order valence-corrected chi connectivity index (χ2v) is 20.4. The zero-order valence-electron chi connectivity index (χ0n) is 42.0. The van der Waals surface area contributed by atoms with Crippen LogP contribution < -0.4 is 9.80 Å². The Morgan fingerprint density at radius 1 is 0.221 bits per heavy atom. The monoisotopic (exact) mass is 980 g/mol. The van der Waals surface area contributed by atoms with Crippen molar-refractivity contribution in [3.8, 4) is 33.6 Å². The van der Waals surface area contributed by atoms with Crippen molar-refractivity contribution in [1.82, 2.24) is 9.13 Å². The summed E-state index contributed by atoms with van der Waals surface area (Å²) < 4.78 is 4.78. The van der Waals surface area contributed by atoms with Crippen molar-refractivity contribution in [2.45, 2.75) is 5.41 Å². The molecule has 0 amide bonds. The molecule has 0 fully saturated rings. The molecular weight excluding hydrogens is 933 g/mol. The van der Waals surface area contributed by atoms with E-state index in [1.54, 1.807) is 0 Å². The predicted molar refractivity (Wildman–Crippen MR) is 321 cm³/mol. The van der Waals surface area contributed by atoms with E-state index in [-0.39, 0.29) is 0 Å². The quantitative estimate of drug-likeness (QED) is 0.151. The number of anilines is 6. The third-order valence-electron chi connectivity index (χ3n) is 16.5. The molecule has 4 nitrogen and oxygen atoms in total. The van der Waals surface area contributed by atoms with Crippen LogP contribution in [0.3, 0.4) is 0 Å². The van der Waals surface area contributed by atoms with E-state index in [0.717, 1.165) is 45.5 Å². The lowest BCUT2D eigenvalue weighted by Gasteiger charge is -2.33. The van der Waals surface area contributed by atoms with Crippen LogP contribution in [0.15, 0.2) is 291 Å². The molecule has 2 aromatic heterocycles. The van der Waals surface area contributed by atoms with E-state index < -0.39 is 5.41 Å². The molecule has 77 heavy (non-hydrogen) atoms. The maximum Gasteiger partial charge on any atom is 0.0727 e. The van der Waals surface area contributed by atoms with Gasteiger partial charge in [-0.25, -0.2) is 0 Å². The molecular formula is C73H48N4. The van der Waals surface area contributed by atoms with Crippen LogP contribution >= 0.6 is 0 Å². The van der Waals surface area contributed by atoms with Gasteiger partial charge in [-0.1, -0.05) is 170 Å². The van der Waals surface area contributed by atoms with Gasteiger partial charge in [-0.2, -0.15) is 0 Å². The van der Waals surface area contributed by atoms with Crippen LogP contribution in [0.2, 0.25) is 0 Å². The summed E-state index contributed by atoms with van der Waals surface area (Å²) in [5.74, 6) is 0. The van der Waals surface area contributed by atoms with Crippen LogP contribution in [0, 0.1) is 0 Å². The molecule has 0 saturated heterocycles. The Labute approximate surface area is 446 Å². The molecule has 2 aliphatic carbocycles. The van der Waals surface area contributed by atoms with E-state index >= 15 is 0 Å². The smallest absolute Gasteiger partial charge is 0.0727 e. The number of hydrogen-bond donors (Lipinski definition) is 0. The van der Waals surface area contributed by atoms with Gasteiger partial charge in [0, 0.05) is 67.0 Å². The van der Waals surface area contributed by atoms with Gasteiger partial charge in [0.15, 0.2) is 0 Å². The van der Waals surface area contributed by atoms with Crippen molar-refractivity contribution in [1.29, 1.82) is 0 Å². The first kappa shape index (κ1) is 43.3. The highest BCUT2D eigenvalue weighted by Crippen LogP contribution is 2.64. The molecule has 16 rings (SSSR count). The number of fused-ring (bicyclic) bond motifs is 16. The van der Waals surface area contributed by atoms with E-state index in [0.29, 0.717) is 0 Å². The van der Waals surface area contributed by atoms with Gasteiger partial charge in [0.05, 0.1) is 27.5 Å². The molecule has 0 unspecified atom stereocenters. The molecule has 4 heteroatoms. The molecule has 0 N–H and O–H groups in total. The molecule has 12 aromatic carbocycles. The first-order chi connectivity index (χ1) is 38.2. The van der Waals surface area contributed by atoms with Crippen molar-refractivity contribution < 1.29 is 0 Å². The van der Waals surface area contributed by atoms with E-state index in [4.69, 9.17) is 0 Å². The molecule has 2 aliphatic rings. The Balaban J connectivity index is 0.913. The van der Waals surface area contributed by atoms with Crippen LogP contribution in [0.4, 0.5) is 34.1 Å². The number of nitrogens with zero attached hydrogens (tertiary/aromatic N) is 4. The highest BCUT2D eigenvalue weighted by molar-refractivity contribution is 6.12. The normalized spacial score (nSPS) is 12.8. The summed E-state index contributed by atoms with van der Waals surface area (Å²) in [4.78, 5) is 4.90. The van der Waals surface area contributed by atoms with Crippen LogP contribution in [-0.2, 0) is 5.41 Å². The van der Waals surface area contributed by atoms with E-state index in [9.17, 15) is 0 Å². The SMILES string of the molecule is c1ccc(N(c2ccc3c(c2)C2(c4ccccc4-c4ccccc42)c2cc(N(c4ccccc4)c4ccc5c(c4)c4ccccc4n5-c4ccccc4)ccc2-3)c2ccc3c(c2)c2ccccc2n3-c2ccccc2)cc1. The van der Waals surface area contributed by atoms with Gasteiger partial charge in [-0.3, -0.25) is 0 Å². The molecule has 0 radical (unpaired) electrons. The third-order valence-corrected chi connectivity index (χ3v) is 16.5. The Morgan fingerprint density at radius 2 is 0.545 bits per heavy atom. The van der Waals surface area contributed by atoms with Gasteiger partial charge in [0.25, 0.3) is 0 Å². The first-order valence-electron chi connectivity index (χ1n) is 26.6. The predicted octanol–water partition coefficient (Wildman–Crippen LogP) is 19.2. The van der Waals surface area contributed by atoms with Gasteiger partial charge >= 0.3 is 0 Å². The Morgan fingerprint density at radius 3 is 0.987 bits per heavy atom. The average molecular weight is 981 g/mol. The summed E-state index contributed by atoms with van der Waals surface area (Å²) in [7, 11) is 0. The summed E-state index contributed by atoms with van der Waals surface area (Å²) in [6, 6.07) is 107. The fourth-order valence-electron chi connectivity index (χ4n) is 13.4. The van der Waals surface area contributed by atoms with Gasteiger partial charge in [0.2, 0.25) is 0 Å². The van der Waals surface area contributed by atoms with Crippen molar-refractivity contribution in [3.63, 3.8) is 0 Å². The summed E-state index contributed by atoms with van der Waals surface area (Å²) in [6.07, 6.45) is 0. The number of hydrogen-bond acceptors (Lipinski definition) is 2. The molecule has 360 valence electrons. The lowest BCUT2D eigenvalue weighted by molar-refractivity contribution is 0.793. The van der Waals surface area contributed by atoms with Crippen molar-refractivity contribution in [2.24, 2.45) is 0 Å². The average Bonchev–Trinajstić information content (AvgIpc) is 4.37. The highest BCUT2D eigenvalue weighted by atomic mass is 15.2. The zero-order chi connectivity index (χ0) is 50.6. The minimum atomic E-state index is -0.616. The summed E-state index contributed by atoms with van der Waals surface area (Å²) in [5, 5.41) is 4.87. The Kier molecular flexibility index (Phi) is 9.52. The van der Waals surface area contributed by atoms with Gasteiger partial charge in [-0.15, -0.1) is 0 Å². The van der Waals surface area contributed by atoms with E-state index in [1.165, 1.54) is 88.1 Å². The maximum absolute atomic E-state index is 2.50. The number of rotatable bonds is 8. The summed E-state index contributed by atoms with van der Waals surface area (Å²) >= 11 is 0. The van der Waals surface area contributed by atoms with Gasteiger partial charge in [0.1, 0.15) is 0 Å². The van der Waals surface area contributed by atoms with Crippen LogP contribution in [-0.4, -0.2) is 9.13 Å². The largest absolute Gasteiger partial charge is 0.310 e. The lowest BCUT2D eigenvalue weighted by atomic mass is 9.70. The maximum atomic E-state index is 2.50. The molecule has 14 aromatic rings. The Hall–Kier alpha value is -10.2. The molecule has 0 aliphatic heterocycles. The van der Waals surface area contributed by atoms with Crippen molar-refractivity contribution >= 4 is 77.7 Å². The van der Waals surface area contributed by atoms with Crippen molar-refractivity contribution in [3.05, 3.63) is 313 Å². The lowest BCUT2D eigenvalue weighted by Crippen LogP contribution is -2.26. The highest BCUT2D eigenvalue weighted by Gasteiger charge is 2.52. The summed E-state index contributed by atoms with van der Waals surface area (Å²) in [5.41, 5.74) is 23.2. The van der Waals surface area contributed by atoms with E-state index in [1.807, 2.05) is 0 Å². The second kappa shape index (κ2) is 16.9. The van der Waals surface area contributed by atoms with Crippen LogP contribution in [0.25, 0.3) is 77.2 Å². The third kappa shape index (κ3) is 6.33. The molecule has 0 bridgehead atoms. The van der Waals surface area contributed by atoms with Crippen molar-refractivity contribution in [2.75, 3.05) is 9.80 Å². The minimum Gasteiger partial charge on any atom is -0.310 e. The molecule has 0 saturated carbocycles. The zero-order valence-corrected chi connectivity index (χ0v) is 42.0. The fourth-order valence-corrected chi connectivity index (χ4v) is 13.4.